The zero-order chi connectivity index (χ0) is 18.9. The van der Waals surface area contributed by atoms with Gasteiger partial charge >= 0.3 is 18.2 Å². The van der Waals surface area contributed by atoms with Crippen LogP contribution in [0, 0.1) is 11.3 Å². The summed E-state index contributed by atoms with van der Waals surface area (Å²) in [6.07, 6.45) is -2.39. The number of carbonyl (C=O) groups excluding carboxylic acids is 1. The molecule has 0 bridgehead atoms. The van der Waals surface area contributed by atoms with Gasteiger partial charge in [-0.05, 0) is 30.9 Å². The largest absolute Gasteiger partial charge is 0.482 e. The van der Waals surface area contributed by atoms with E-state index in [2.05, 4.69) is 5.32 Å². The van der Waals surface area contributed by atoms with Gasteiger partial charge in [0.25, 0.3) is 0 Å². The minimum atomic E-state index is -4.49. The highest BCUT2D eigenvalue weighted by molar-refractivity contribution is 5.92. The Morgan fingerprint density at radius 3 is 2.73 bits per heavy atom. The van der Waals surface area contributed by atoms with E-state index >= 15 is 0 Å². The van der Waals surface area contributed by atoms with E-state index in [-0.39, 0.29) is 23.9 Å². The number of carboxylic acid groups (broad SMARTS) is 1. The lowest BCUT2D eigenvalue weighted by molar-refractivity contribution is -0.153. The normalized spacial score (nSPS) is 25.0. The van der Waals surface area contributed by atoms with Crippen molar-refractivity contribution in [3.8, 4) is 5.75 Å². The monoisotopic (exact) mass is 372 g/mol. The van der Waals surface area contributed by atoms with Gasteiger partial charge in [-0.2, -0.15) is 13.2 Å². The molecule has 2 fully saturated rings. The summed E-state index contributed by atoms with van der Waals surface area (Å²) in [5.41, 5.74) is -0.799. The van der Waals surface area contributed by atoms with Gasteiger partial charge in [-0.1, -0.05) is 18.6 Å². The molecule has 26 heavy (non-hydrogen) atoms. The first-order chi connectivity index (χ1) is 12.2. The molecule has 1 heterocycles. The van der Waals surface area contributed by atoms with E-state index in [9.17, 15) is 27.9 Å². The van der Waals surface area contributed by atoms with Crippen LogP contribution in [0.4, 0.5) is 23.7 Å². The number of anilines is 1. The molecule has 0 unspecified atom stereocenters. The fraction of sp³-hybridized carbons (Fsp3) is 0.529. The summed E-state index contributed by atoms with van der Waals surface area (Å²) in [7, 11) is 0. The fourth-order valence-corrected chi connectivity index (χ4v) is 3.84. The van der Waals surface area contributed by atoms with E-state index in [1.54, 1.807) is 6.07 Å². The third-order valence-corrected chi connectivity index (χ3v) is 5.10. The predicted octanol–water partition coefficient (Wildman–Crippen LogP) is 3.35. The predicted molar refractivity (Wildman–Crippen MR) is 86.0 cm³/mol. The number of benzene rings is 1. The number of para-hydroxylation sites is 2. The first-order valence-corrected chi connectivity index (χ1v) is 8.29. The average Bonchev–Trinajstić information content (AvgIpc) is 3.11. The minimum Gasteiger partial charge on any atom is -0.482 e. The molecule has 9 heteroatoms. The number of nitrogens with zero attached hydrogens (tertiary/aromatic N) is 1. The number of aliphatic carboxylic acids is 1. The molecule has 1 saturated carbocycles. The number of nitrogens with one attached hydrogen (secondary N) is 1. The summed E-state index contributed by atoms with van der Waals surface area (Å²) in [6.45, 7) is -1.04. The number of carbonyl (C=O) groups is 2. The second-order valence-corrected chi connectivity index (χ2v) is 6.76. The smallest absolute Gasteiger partial charge is 0.422 e. The standard InChI is InChI=1S/C17H19F3N2O4/c18-17(19,20)10-26-13-6-2-1-5-12(13)21-15(25)22-8-11-4-3-7-16(11,9-22)14(23)24/h1-2,5-6,11H,3-4,7-10H2,(H,21,25)(H,23,24)/t11-,16+/m0/s1. The van der Waals surface area contributed by atoms with Crippen LogP contribution in [0.15, 0.2) is 24.3 Å². The van der Waals surface area contributed by atoms with E-state index in [0.29, 0.717) is 13.0 Å². The Hall–Kier alpha value is -2.45. The van der Waals surface area contributed by atoms with Gasteiger partial charge < -0.3 is 20.1 Å². The highest BCUT2D eigenvalue weighted by Crippen LogP contribution is 2.49. The highest BCUT2D eigenvalue weighted by Gasteiger charge is 2.55. The molecule has 142 valence electrons. The van der Waals surface area contributed by atoms with Crippen LogP contribution in [0.1, 0.15) is 19.3 Å². The number of urea groups is 1. The number of rotatable bonds is 4. The lowest BCUT2D eigenvalue weighted by atomic mass is 9.81. The molecule has 1 saturated heterocycles. The molecule has 3 rings (SSSR count). The van der Waals surface area contributed by atoms with Gasteiger partial charge in [0, 0.05) is 13.1 Å². The molecule has 1 aliphatic carbocycles. The summed E-state index contributed by atoms with van der Waals surface area (Å²) < 4.78 is 41.8. The zero-order valence-corrected chi connectivity index (χ0v) is 13.9. The van der Waals surface area contributed by atoms with Crippen LogP contribution in [-0.2, 0) is 4.79 Å². The Kier molecular flexibility index (Phi) is 4.72. The van der Waals surface area contributed by atoms with Gasteiger partial charge in [-0.3, -0.25) is 4.79 Å². The molecular weight excluding hydrogens is 353 g/mol. The van der Waals surface area contributed by atoms with Crippen LogP contribution >= 0.6 is 0 Å². The van der Waals surface area contributed by atoms with E-state index in [1.165, 1.54) is 23.1 Å². The summed E-state index contributed by atoms with van der Waals surface area (Å²) in [5.74, 6) is -1.09. The molecule has 0 aromatic heterocycles. The third-order valence-electron chi connectivity index (χ3n) is 5.10. The van der Waals surface area contributed by atoms with E-state index in [0.717, 1.165) is 12.8 Å². The number of halogens is 3. The van der Waals surface area contributed by atoms with Crippen LogP contribution in [0.3, 0.4) is 0 Å². The first kappa shape index (κ1) is 18.3. The number of hydrogen-bond acceptors (Lipinski definition) is 3. The van der Waals surface area contributed by atoms with Gasteiger partial charge in [-0.25, -0.2) is 4.79 Å². The molecule has 2 aliphatic rings. The molecule has 6 nitrogen and oxygen atoms in total. The molecule has 2 N–H and O–H groups in total. The van der Waals surface area contributed by atoms with Crippen molar-refractivity contribution >= 4 is 17.7 Å². The number of ether oxygens (including phenoxy) is 1. The number of likely N-dealkylation sites (tertiary alicyclic amines) is 1. The van der Waals surface area contributed by atoms with E-state index < -0.39 is 30.2 Å². The van der Waals surface area contributed by atoms with Crippen molar-refractivity contribution < 1.29 is 32.6 Å². The maximum atomic E-state index is 12.5. The fourth-order valence-electron chi connectivity index (χ4n) is 3.84. The topological polar surface area (TPSA) is 78.9 Å². The molecular formula is C17H19F3N2O4. The lowest BCUT2D eigenvalue weighted by Crippen LogP contribution is -2.38. The van der Waals surface area contributed by atoms with Crippen molar-refractivity contribution in [2.75, 3.05) is 25.0 Å². The Balaban J connectivity index is 1.69. The zero-order valence-electron chi connectivity index (χ0n) is 13.9. The summed E-state index contributed by atoms with van der Waals surface area (Å²) >= 11 is 0. The van der Waals surface area contributed by atoms with Crippen molar-refractivity contribution in [2.45, 2.75) is 25.4 Å². The number of fused-ring (bicyclic) bond motifs is 1. The van der Waals surface area contributed by atoms with Crippen LogP contribution < -0.4 is 10.1 Å². The van der Waals surface area contributed by atoms with Gasteiger partial charge in [-0.15, -0.1) is 0 Å². The van der Waals surface area contributed by atoms with Gasteiger partial charge in [0.15, 0.2) is 6.61 Å². The number of hydrogen-bond donors (Lipinski definition) is 2. The van der Waals surface area contributed by atoms with Crippen LogP contribution in [0.2, 0.25) is 0 Å². The number of carboxylic acids is 1. The second-order valence-electron chi connectivity index (χ2n) is 6.76. The molecule has 1 aromatic carbocycles. The van der Waals surface area contributed by atoms with Crippen molar-refractivity contribution in [3.63, 3.8) is 0 Å². The van der Waals surface area contributed by atoms with Crippen LogP contribution in [-0.4, -0.2) is 47.9 Å². The molecule has 2 atom stereocenters. The summed E-state index contributed by atoms with van der Waals surface area (Å²) in [6, 6.07) is 5.30. The first-order valence-electron chi connectivity index (χ1n) is 8.29. The van der Waals surface area contributed by atoms with Gasteiger partial charge in [0.1, 0.15) is 5.75 Å². The Morgan fingerprint density at radius 1 is 1.35 bits per heavy atom. The highest BCUT2D eigenvalue weighted by atomic mass is 19.4. The second kappa shape index (κ2) is 6.69. The Labute approximate surface area is 147 Å². The third kappa shape index (κ3) is 3.56. The van der Waals surface area contributed by atoms with Gasteiger partial charge in [0.2, 0.25) is 0 Å². The molecule has 0 spiro atoms. The van der Waals surface area contributed by atoms with Crippen molar-refractivity contribution in [3.05, 3.63) is 24.3 Å². The van der Waals surface area contributed by atoms with E-state index in [4.69, 9.17) is 4.74 Å². The summed E-state index contributed by atoms with van der Waals surface area (Å²) in [4.78, 5) is 25.6. The number of alkyl halides is 3. The maximum absolute atomic E-state index is 12.5. The maximum Gasteiger partial charge on any atom is 0.422 e. The lowest BCUT2D eigenvalue weighted by Gasteiger charge is -2.23. The van der Waals surface area contributed by atoms with E-state index in [1.807, 2.05) is 0 Å². The molecule has 1 aromatic rings. The molecule has 0 radical (unpaired) electrons. The Morgan fingerprint density at radius 2 is 2.08 bits per heavy atom. The van der Waals surface area contributed by atoms with Crippen LogP contribution in [0.5, 0.6) is 5.75 Å². The molecule has 1 aliphatic heterocycles. The SMILES string of the molecule is O=C(Nc1ccccc1OCC(F)(F)F)N1C[C@@H]2CCC[C@@]2(C(=O)O)C1. The average molecular weight is 372 g/mol. The van der Waals surface area contributed by atoms with Crippen LogP contribution in [0.25, 0.3) is 0 Å². The Bertz CT molecular complexity index is 709. The van der Waals surface area contributed by atoms with Crippen molar-refractivity contribution in [1.82, 2.24) is 4.90 Å². The quantitative estimate of drug-likeness (QED) is 0.850. The molecule has 2 amide bonds. The summed E-state index contributed by atoms with van der Waals surface area (Å²) in [5, 5.41) is 12.1. The van der Waals surface area contributed by atoms with Crippen molar-refractivity contribution in [2.24, 2.45) is 11.3 Å². The van der Waals surface area contributed by atoms with Gasteiger partial charge in [0.05, 0.1) is 11.1 Å². The van der Waals surface area contributed by atoms with Crippen molar-refractivity contribution in [1.29, 1.82) is 0 Å². The minimum absolute atomic E-state index is 0.0921. The number of amides is 2.